The molecule has 0 bridgehead atoms. The fourth-order valence-electron chi connectivity index (χ4n) is 3.28. The number of halogens is 1. The molecule has 0 aromatic heterocycles. The van der Waals surface area contributed by atoms with Crippen LogP contribution in [0.3, 0.4) is 0 Å². The van der Waals surface area contributed by atoms with Gasteiger partial charge in [-0.2, -0.15) is 0 Å². The quantitative estimate of drug-likeness (QED) is 0.731. The van der Waals surface area contributed by atoms with Crippen LogP contribution in [0.1, 0.15) is 25.7 Å². The maximum Gasteiger partial charge on any atom is 0.241 e. The summed E-state index contributed by atoms with van der Waals surface area (Å²) in [7, 11) is 0. The van der Waals surface area contributed by atoms with E-state index in [9.17, 15) is 9.18 Å². The molecule has 7 heteroatoms. The predicted molar refractivity (Wildman–Crippen MR) is 94.0 cm³/mol. The molecule has 2 aliphatic heterocycles. The van der Waals surface area contributed by atoms with Gasteiger partial charge < -0.3 is 25.8 Å². The molecule has 4 N–H and O–H groups in total. The average molecular weight is 351 g/mol. The summed E-state index contributed by atoms with van der Waals surface area (Å²) in [6, 6.07) is 4.01. The molecule has 0 aliphatic carbocycles. The Bertz CT molecular complexity index is 587. The van der Waals surface area contributed by atoms with Gasteiger partial charge in [0.25, 0.3) is 0 Å². The van der Waals surface area contributed by atoms with E-state index < -0.39 is 11.9 Å². The van der Waals surface area contributed by atoms with Crippen LogP contribution < -0.4 is 16.4 Å². The van der Waals surface area contributed by atoms with Gasteiger partial charge in [0.1, 0.15) is 5.82 Å². The van der Waals surface area contributed by atoms with Gasteiger partial charge in [-0.25, -0.2) is 4.39 Å². The molecule has 2 fully saturated rings. The minimum Gasteiger partial charge on any atom is -0.381 e. The number of rotatable bonds is 6. The van der Waals surface area contributed by atoms with E-state index >= 15 is 0 Å². The zero-order chi connectivity index (χ0) is 17.6. The molecule has 1 amide bonds. The summed E-state index contributed by atoms with van der Waals surface area (Å²) in [4.78, 5) is 12.3. The number of carbonyl (C=O) groups excluding carboxylic acids is 1. The van der Waals surface area contributed by atoms with E-state index in [1.54, 1.807) is 12.1 Å². The number of hydrogen-bond donors (Lipinski definition) is 3. The lowest BCUT2D eigenvalue weighted by molar-refractivity contribution is -0.119. The SMILES string of the molecule is NC(C(=O)Nc1ccc(NCC2CCCO2)c(F)c1)C1CCOCC1. The molecule has 2 unspecified atom stereocenters. The summed E-state index contributed by atoms with van der Waals surface area (Å²) in [6.07, 6.45) is 3.72. The third kappa shape index (κ3) is 4.90. The Balaban J connectivity index is 1.53. The smallest absolute Gasteiger partial charge is 0.241 e. The second kappa shape index (κ2) is 8.60. The van der Waals surface area contributed by atoms with Crippen LogP contribution in [0.15, 0.2) is 18.2 Å². The maximum atomic E-state index is 14.2. The van der Waals surface area contributed by atoms with Crippen molar-refractivity contribution in [3.05, 3.63) is 24.0 Å². The molecule has 1 aromatic rings. The van der Waals surface area contributed by atoms with Gasteiger partial charge in [0, 0.05) is 32.1 Å². The molecule has 3 rings (SSSR count). The van der Waals surface area contributed by atoms with Crippen molar-refractivity contribution in [1.29, 1.82) is 0 Å². The topological polar surface area (TPSA) is 85.6 Å². The fourth-order valence-corrected chi connectivity index (χ4v) is 3.28. The van der Waals surface area contributed by atoms with Crippen LogP contribution >= 0.6 is 0 Å². The first kappa shape index (κ1) is 18.1. The van der Waals surface area contributed by atoms with E-state index in [0.717, 1.165) is 32.3 Å². The number of nitrogens with two attached hydrogens (primary N) is 1. The molecule has 6 nitrogen and oxygen atoms in total. The van der Waals surface area contributed by atoms with Crippen molar-refractivity contribution in [2.75, 3.05) is 37.0 Å². The lowest BCUT2D eigenvalue weighted by Gasteiger charge is -2.26. The Kier molecular flexibility index (Phi) is 6.23. The Labute approximate surface area is 147 Å². The van der Waals surface area contributed by atoms with Crippen LogP contribution in [0.25, 0.3) is 0 Å². The Morgan fingerprint density at radius 3 is 2.76 bits per heavy atom. The Hall–Kier alpha value is -1.70. The standard InChI is InChI=1S/C18H26FN3O3/c19-15-10-13(3-4-16(15)21-11-14-2-1-7-25-14)22-18(23)17(20)12-5-8-24-9-6-12/h3-4,10,12,14,17,21H,1-2,5-9,11,20H2,(H,22,23). The van der Waals surface area contributed by atoms with Gasteiger partial charge in [0.15, 0.2) is 0 Å². The molecule has 2 saturated heterocycles. The second-order valence-electron chi connectivity index (χ2n) is 6.68. The van der Waals surface area contributed by atoms with Crippen LogP contribution in [0.2, 0.25) is 0 Å². The second-order valence-corrected chi connectivity index (χ2v) is 6.68. The molecule has 1 aromatic carbocycles. The summed E-state index contributed by atoms with van der Waals surface area (Å²) >= 11 is 0. The molecule has 25 heavy (non-hydrogen) atoms. The van der Waals surface area contributed by atoms with E-state index in [2.05, 4.69) is 10.6 Å². The molecule has 0 saturated carbocycles. The fraction of sp³-hybridized carbons (Fsp3) is 0.611. The van der Waals surface area contributed by atoms with Crippen molar-refractivity contribution in [2.24, 2.45) is 11.7 Å². The van der Waals surface area contributed by atoms with Crippen molar-refractivity contribution in [3.8, 4) is 0 Å². The highest BCUT2D eigenvalue weighted by Crippen LogP contribution is 2.22. The first-order chi connectivity index (χ1) is 12.1. The van der Waals surface area contributed by atoms with Gasteiger partial charge in [-0.15, -0.1) is 0 Å². The van der Waals surface area contributed by atoms with E-state index in [4.69, 9.17) is 15.2 Å². The maximum absolute atomic E-state index is 14.2. The summed E-state index contributed by atoms with van der Waals surface area (Å²) in [6.45, 7) is 2.61. The van der Waals surface area contributed by atoms with Crippen LogP contribution in [0, 0.1) is 11.7 Å². The molecule has 0 spiro atoms. The zero-order valence-electron chi connectivity index (χ0n) is 14.3. The summed E-state index contributed by atoms with van der Waals surface area (Å²) in [5, 5.41) is 5.77. The number of ether oxygens (including phenoxy) is 2. The Morgan fingerprint density at radius 1 is 1.28 bits per heavy atom. The van der Waals surface area contributed by atoms with Crippen LogP contribution in [-0.2, 0) is 14.3 Å². The van der Waals surface area contributed by atoms with E-state index in [1.165, 1.54) is 6.07 Å². The molecule has 2 aliphatic rings. The molecule has 138 valence electrons. The van der Waals surface area contributed by atoms with Crippen molar-refractivity contribution >= 4 is 17.3 Å². The normalized spacial score (nSPS) is 22.6. The van der Waals surface area contributed by atoms with Gasteiger partial charge in [-0.3, -0.25) is 4.79 Å². The average Bonchev–Trinajstić information content (AvgIpc) is 3.14. The van der Waals surface area contributed by atoms with Gasteiger partial charge >= 0.3 is 0 Å². The number of nitrogens with one attached hydrogen (secondary N) is 2. The zero-order valence-corrected chi connectivity index (χ0v) is 14.3. The van der Waals surface area contributed by atoms with Crippen molar-refractivity contribution in [3.63, 3.8) is 0 Å². The largest absolute Gasteiger partial charge is 0.381 e. The van der Waals surface area contributed by atoms with Gasteiger partial charge in [-0.05, 0) is 49.8 Å². The minimum absolute atomic E-state index is 0.103. The monoisotopic (exact) mass is 351 g/mol. The minimum atomic E-state index is -0.607. The van der Waals surface area contributed by atoms with E-state index in [1.807, 2.05) is 0 Å². The number of carbonyl (C=O) groups is 1. The van der Waals surface area contributed by atoms with Crippen molar-refractivity contribution < 1.29 is 18.7 Å². The van der Waals surface area contributed by atoms with Gasteiger partial charge in [0.2, 0.25) is 5.91 Å². The van der Waals surface area contributed by atoms with E-state index in [0.29, 0.717) is 31.1 Å². The highest BCUT2D eigenvalue weighted by Gasteiger charge is 2.26. The highest BCUT2D eigenvalue weighted by molar-refractivity contribution is 5.95. The number of benzene rings is 1. The molecule has 0 radical (unpaired) electrons. The number of hydrogen-bond acceptors (Lipinski definition) is 5. The number of anilines is 2. The summed E-state index contributed by atoms with van der Waals surface area (Å²) < 4.78 is 25.0. The highest BCUT2D eigenvalue weighted by atomic mass is 19.1. The van der Waals surface area contributed by atoms with Crippen LogP contribution in [0.4, 0.5) is 15.8 Å². The first-order valence-corrected chi connectivity index (χ1v) is 8.92. The van der Waals surface area contributed by atoms with Crippen molar-refractivity contribution in [1.82, 2.24) is 0 Å². The van der Waals surface area contributed by atoms with Crippen molar-refractivity contribution in [2.45, 2.75) is 37.8 Å². The van der Waals surface area contributed by atoms with E-state index in [-0.39, 0.29) is 17.9 Å². The van der Waals surface area contributed by atoms with Gasteiger partial charge in [-0.1, -0.05) is 0 Å². The number of amides is 1. The first-order valence-electron chi connectivity index (χ1n) is 8.92. The molecule has 2 atom stereocenters. The molecule has 2 heterocycles. The summed E-state index contributed by atoms with van der Waals surface area (Å²) in [5.74, 6) is -0.590. The lowest BCUT2D eigenvalue weighted by atomic mass is 9.92. The molecular weight excluding hydrogens is 325 g/mol. The lowest BCUT2D eigenvalue weighted by Crippen LogP contribution is -2.44. The van der Waals surface area contributed by atoms with Crippen LogP contribution in [0.5, 0.6) is 0 Å². The predicted octanol–water partition coefficient (Wildman–Crippen LogP) is 2.11. The third-order valence-corrected chi connectivity index (χ3v) is 4.86. The summed E-state index contributed by atoms with van der Waals surface area (Å²) in [5.41, 5.74) is 6.85. The Morgan fingerprint density at radius 2 is 2.08 bits per heavy atom. The van der Waals surface area contributed by atoms with Crippen LogP contribution in [-0.4, -0.2) is 44.4 Å². The third-order valence-electron chi connectivity index (χ3n) is 4.86. The molecular formula is C18H26FN3O3. The van der Waals surface area contributed by atoms with Gasteiger partial charge in [0.05, 0.1) is 17.8 Å².